The summed E-state index contributed by atoms with van der Waals surface area (Å²) in [4.78, 5) is 26.3. The zero-order chi connectivity index (χ0) is 12.8. The van der Waals surface area contributed by atoms with Crippen LogP contribution in [0.5, 0.6) is 0 Å². The van der Waals surface area contributed by atoms with Crippen LogP contribution in [0.2, 0.25) is 0 Å². The Labute approximate surface area is 103 Å². The van der Waals surface area contributed by atoms with Crippen LogP contribution in [-0.4, -0.2) is 32.2 Å². The first kappa shape index (κ1) is 12.0. The summed E-state index contributed by atoms with van der Waals surface area (Å²) in [5, 5.41) is 8.58. The Hall–Kier alpha value is -2.44. The van der Waals surface area contributed by atoms with Gasteiger partial charge in [-0.25, -0.2) is 10.1 Å². The van der Waals surface area contributed by atoms with Gasteiger partial charge in [-0.3, -0.25) is 9.59 Å². The first-order chi connectivity index (χ1) is 8.75. The molecule has 0 spiro atoms. The molecule has 0 aromatic carbocycles. The van der Waals surface area contributed by atoms with E-state index in [0.29, 0.717) is 6.54 Å². The van der Waals surface area contributed by atoms with E-state index in [2.05, 4.69) is 20.5 Å². The largest absolute Gasteiger partial charge is 0.351 e. The molecule has 2 N–H and O–H groups in total. The van der Waals surface area contributed by atoms with Gasteiger partial charge in [0.25, 0.3) is 11.5 Å². The van der Waals surface area contributed by atoms with E-state index < -0.39 is 0 Å². The number of H-pyrrole nitrogens is 1. The van der Waals surface area contributed by atoms with Crippen LogP contribution in [0.25, 0.3) is 0 Å². The van der Waals surface area contributed by atoms with E-state index in [1.165, 1.54) is 12.1 Å². The summed E-state index contributed by atoms with van der Waals surface area (Å²) in [5.41, 5.74) is -0.121. The summed E-state index contributed by atoms with van der Waals surface area (Å²) in [6.45, 7) is 1.33. The van der Waals surface area contributed by atoms with Gasteiger partial charge in [-0.2, -0.15) is 5.10 Å². The van der Waals surface area contributed by atoms with Gasteiger partial charge in [-0.1, -0.05) is 0 Å². The molecule has 0 saturated carbocycles. The van der Waals surface area contributed by atoms with Gasteiger partial charge in [0.1, 0.15) is 5.69 Å². The van der Waals surface area contributed by atoms with Crippen molar-refractivity contribution in [1.29, 1.82) is 0 Å². The Kier molecular flexibility index (Phi) is 3.85. The summed E-state index contributed by atoms with van der Waals surface area (Å²) >= 11 is 0. The monoisotopic (exact) mass is 247 g/mol. The summed E-state index contributed by atoms with van der Waals surface area (Å²) < 4.78 is 1.93. The van der Waals surface area contributed by atoms with Crippen LogP contribution >= 0.6 is 0 Å². The molecule has 0 atom stereocenters. The molecule has 0 fully saturated rings. The molecule has 7 nitrogen and oxygen atoms in total. The molecule has 2 aromatic rings. The van der Waals surface area contributed by atoms with Crippen LogP contribution in [0.1, 0.15) is 16.9 Å². The van der Waals surface area contributed by atoms with Crippen molar-refractivity contribution in [3.8, 4) is 0 Å². The van der Waals surface area contributed by atoms with E-state index in [9.17, 15) is 9.59 Å². The van der Waals surface area contributed by atoms with Crippen LogP contribution in [0.15, 0.2) is 35.6 Å². The highest BCUT2D eigenvalue weighted by Gasteiger charge is 2.05. The smallest absolute Gasteiger partial charge is 0.271 e. The standard InChI is InChI=1S/C11H13N5O2/c17-10-3-2-9(14-15-10)11(18)13-4-1-6-16-7-5-12-8-16/h2-3,5,7-8H,1,4,6H2,(H,13,18)(H,15,17). The topological polar surface area (TPSA) is 92.7 Å². The van der Waals surface area contributed by atoms with Crippen molar-refractivity contribution >= 4 is 5.91 Å². The SMILES string of the molecule is O=C(NCCCn1ccnc1)c1ccc(=O)[nH]n1. The Balaban J connectivity index is 1.75. The van der Waals surface area contributed by atoms with Crippen molar-refractivity contribution < 1.29 is 4.79 Å². The number of rotatable bonds is 5. The van der Waals surface area contributed by atoms with Crippen LogP contribution in [0.4, 0.5) is 0 Å². The second-order valence-electron chi connectivity index (χ2n) is 3.72. The number of aromatic amines is 1. The molecular formula is C11H13N5O2. The summed E-state index contributed by atoms with van der Waals surface area (Å²) in [6, 6.07) is 2.66. The molecule has 0 unspecified atom stereocenters. The molecule has 1 amide bonds. The summed E-state index contributed by atoms with van der Waals surface area (Å²) in [5.74, 6) is -0.295. The molecule has 2 heterocycles. The van der Waals surface area contributed by atoms with E-state index >= 15 is 0 Å². The highest BCUT2D eigenvalue weighted by Crippen LogP contribution is 1.91. The number of hydrogen-bond acceptors (Lipinski definition) is 4. The molecule has 0 bridgehead atoms. The minimum absolute atomic E-state index is 0.206. The van der Waals surface area contributed by atoms with Gasteiger partial charge in [0.05, 0.1) is 6.33 Å². The van der Waals surface area contributed by atoms with Crippen molar-refractivity contribution in [2.75, 3.05) is 6.54 Å². The average Bonchev–Trinajstić information content (AvgIpc) is 2.88. The van der Waals surface area contributed by atoms with E-state index in [0.717, 1.165) is 13.0 Å². The minimum Gasteiger partial charge on any atom is -0.351 e. The number of amides is 1. The Morgan fingerprint density at radius 2 is 2.33 bits per heavy atom. The van der Waals surface area contributed by atoms with Crippen molar-refractivity contribution in [3.63, 3.8) is 0 Å². The van der Waals surface area contributed by atoms with E-state index in [-0.39, 0.29) is 17.2 Å². The van der Waals surface area contributed by atoms with Crippen LogP contribution < -0.4 is 10.9 Å². The molecule has 0 radical (unpaired) electrons. The molecule has 0 aliphatic rings. The first-order valence-electron chi connectivity index (χ1n) is 5.55. The number of imidazole rings is 1. The molecule has 94 valence electrons. The number of carbonyl (C=O) groups is 1. The first-order valence-corrected chi connectivity index (χ1v) is 5.55. The number of hydrogen-bond donors (Lipinski definition) is 2. The van der Waals surface area contributed by atoms with Crippen molar-refractivity contribution in [1.82, 2.24) is 25.1 Å². The normalized spacial score (nSPS) is 10.2. The molecule has 2 rings (SSSR count). The Morgan fingerprint density at radius 1 is 1.44 bits per heavy atom. The van der Waals surface area contributed by atoms with Crippen LogP contribution in [0.3, 0.4) is 0 Å². The van der Waals surface area contributed by atoms with Crippen molar-refractivity contribution in [2.24, 2.45) is 0 Å². The van der Waals surface area contributed by atoms with Gasteiger partial charge in [0.15, 0.2) is 0 Å². The lowest BCUT2D eigenvalue weighted by Gasteiger charge is -2.04. The fourth-order valence-corrected chi connectivity index (χ4v) is 1.44. The number of aromatic nitrogens is 4. The zero-order valence-electron chi connectivity index (χ0n) is 9.67. The third-order valence-corrected chi connectivity index (χ3v) is 2.35. The van der Waals surface area contributed by atoms with E-state index in [1.807, 2.05) is 10.8 Å². The Morgan fingerprint density at radius 3 is 3.00 bits per heavy atom. The molecular weight excluding hydrogens is 234 g/mol. The predicted octanol–water partition coefficient (Wildman–Crippen LogP) is -0.214. The molecule has 0 saturated heterocycles. The maximum absolute atomic E-state index is 11.6. The quantitative estimate of drug-likeness (QED) is 0.715. The van der Waals surface area contributed by atoms with Crippen LogP contribution in [0, 0.1) is 0 Å². The number of aryl methyl sites for hydroxylation is 1. The fourth-order valence-electron chi connectivity index (χ4n) is 1.44. The second kappa shape index (κ2) is 5.76. The molecule has 2 aromatic heterocycles. The van der Waals surface area contributed by atoms with Crippen molar-refractivity contribution in [2.45, 2.75) is 13.0 Å². The summed E-state index contributed by atoms with van der Waals surface area (Å²) in [6.07, 6.45) is 6.10. The van der Waals surface area contributed by atoms with Crippen molar-refractivity contribution in [3.05, 3.63) is 46.9 Å². The number of carbonyl (C=O) groups excluding carboxylic acids is 1. The Bertz CT molecular complexity index is 541. The third-order valence-electron chi connectivity index (χ3n) is 2.35. The fraction of sp³-hybridized carbons (Fsp3) is 0.273. The van der Waals surface area contributed by atoms with Gasteiger partial charge in [-0.15, -0.1) is 0 Å². The lowest BCUT2D eigenvalue weighted by Crippen LogP contribution is -2.27. The maximum Gasteiger partial charge on any atom is 0.271 e. The molecule has 0 aliphatic carbocycles. The third kappa shape index (κ3) is 3.27. The van der Waals surface area contributed by atoms with Crippen LogP contribution in [-0.2, 0) is 6.54 Å². The lowest BCUT2D eigenvalue weighted by atomic mass is 10.3. The van der Waals surface area contributed by atoms with E-state index in [4.69, 9.17) is 0 Å². The predicted molar refractivity (Wildman–Crippen MR) is 64.0 cm³/mol. The van der Waals surface area contributed by atoms with Gasteiger partial charge < -0.3 is 9.88 Å². The van der Waals surface area contributed by atoms with Gasteiger partial charge in [0, 0.05) is 31.5 Å². The summed E-state index contributed by atoms with van der Waals surface area (Å²) in [7, 11) is 0. The number of nitrogens with one attached hydrogen (secondary N) is 2. The average molecular weight is 247 g/mol. The highest BCUT2D eigenvalue weighted by atomic mass is 16.2. The molecule has 7 heteroatoms. The van der Waals surface area contributed by atoms with Gasteiger partial charge in [0.2, 0.25) is 0 Å². The second-order valence-corrected chi connectivity index (χ2v) is 3.72. The van der Waals surface area contributed by atoms with Gasteiger partial charge >= 0.3 is 0 Å². The lowest BCUT2D eigenvalue weighted by molar-refractivity contribution is 0.0946. The maximum atomic E-state index is 11.6. The number of nitrogens with zero attached hydrogens (tertiary/aromatic N) is 3. The molecule has 0 aliphatic heterocycles. The highest BCUT2D eigenvalue weighted by molar-refractivity contribution is 5.91. The van der Waals surface area contributed by atoms with E-state index in [1.54, 1.807) is 12.5 Å². The minimum atomic E-state index is -0.327. The zero-order valence-corrected chi connectivity index (χ0v) is 9.67. The van der Waals surface area contributed by atoms with Gasteiger partial charge in [-0.05, 0) is 12.5 Å². The molecule has 18 heavy (non-hydrogen) atoms.